The van der Waals surface area contributed by atoms with Crippen molar-refractivity contribution in [3.63, 3.8) is 0 Å². The molecule has 0 aliphatic heterocycles. The van der Waals surface area contributed by atoms with Crippen molar-refractivity contribution in [3.05, 3.63) is 45.5 Å². The van der Waals surface area contributed by atoms with Crippen molar-refractivity contribution in [1.82, 2.24) is 5.32 Å². The molecule has 0 aromatic heterocycles. The molecule has 0 amide bonds. The van der Waals surface area contributed by atoms with Gasteiger partial charge in [0.25, 0.3) is 5.69 Å². The van der Waals surface area contributed by atoms with E-state index in [1.54, 1.807) is 25.1 Å². The van der Waals surface area contributed by atoms with Gasteiger partial charge in [-0.3, -0.25) is 10.1 Å². The van der Waals surface area contributed by atoms with Crippen molar-refractivity contribution in [2.45, 2.75) is 6.92 Å². The molecule has 0 saturated carbocycles. The molecular weight excluding hydrogens is 192 g/mol. The van der Waals surface area contributed by atoms with Gasteiger partial charge in [-0.15, -0.1) is 0 Å². The predicted molar refractivity (Wildman–Crippen MR) is 60.8 cm³/mol. The molecule has 0 spiro atoms. The lowest BCUT2D eigenvalue weighted by Gasteiger charge is -2.00. The average Bonchev–Trinajstić information content (AvgIpc) is 2.17. The van der Waals surface area contributed by atoms with Crippen LogP contribution in [-0.4, -0.2) is 18.5 Å². The van der Waals surface area contributed by atoms with Crippen molar-refractivity contribution in [3.8, 4) is 0 Å². The Kier molecular flexibility index (Phi) is 4.00. The number of hydrogen-bond acceptors (Lipinski definition) is 3. The van der Waals surface area contributed by atoms with Crippen LogP contribution in [0.3, 0.4) is 0 Å². The Labute approximate surface area is 88.8 Å². The van der Waals surface area contributed by atoms with E-state index in [4.69, 9.17) is 0 Å². The number of nitro benzene ring substituents is 1. The third kappa shape index (κ3) is 2.89. The van der Waals surface area contributed by atoms with E-state index in [0.29, 0.717) is 17.7 Å². The Hall–Kier alpha value is -1.68. The number of rotatable bonds is 4. The van der Waals surface area contributed by atoms with Crippen LogP contribution in [0.1, 0.15) is 11.1 Å². The number of nitro groups is 1. The van der Waals surface area contributed by atoms with Crippen LogP contribution in [0.15, 0.2) is 24.3 Å². The first-order valence-corrected chi connectivity index (χ1v) is 4.72. The normalized spacial score (nSPS) is 10.8. The molecule has 0 aliphatic rings. The van der Waals surface area contributed by atoms with Crippen LogP contribution in [0.25, 0.3) is 6.08 Å². The van der Waals surface area contributed by atoms with Crippen LogP contribution in [0.2, 0.25) is 0 Å². The van der Waals surface area contributed by atoms with Gasteiger partial charge in [0.15, 0.2) is 0 Å². The molecule has 4 nitrogen and oxygen atoms in total. The molecule has 1 aromatic carbocycles. The molecule has 0 unspecified atom stereocenters. The summed E-state index contributed by atoms with van der Waals surface area (Å²) in [6.07, 6.45) is 3.63. The molecule has 80 valence electrons. The number of nitrogens with one attached hydrogen (secondary N) is 1. The Morgan fingerprint density at radius 1 is 1.53 bits per heavy atom. The average molecular weight is 206 g/mol. The van der Waals surface area contributed by atoms with Gasteiger partial charge in [-0.2, -0.15) is 0 Å². The lowest BCUT2D eigenvalue weighted by atomic mass is 10.1. The summed E-state index contributed by atoms with van der Waals surface area (Å²) >= 11 is 0. The highest BCUT2D eigenvalue weighted by molar-refractivity contribution is 5.63. The second-order valence-corrected chi connectivity index (χ2v) is 3.23. The van der Waals surface area contributed by atoms with Crippen molar-refractivity contribution < 1.29 is 4.92 Å². The highest BCUT2D eigenvalue weighted by atomic mass is 16.6. The minimum absolute atomic E-state index is 0.185. The summed E-state index contributed by atoms with van der Waals surface area (Å²) in [5.74, 6) is 0. The summed E-state index contributed by atoms with van der Waals surface area (Å²) in [6, 6.07) is 5.31. The monoisotopic (exact) mass is 206 g/mol. The topological polar surface area (TPSA) is 55.2 Å². The van der Waals surface area contributed by atoms with E-state index in [9.17, 15) is 10.1 Å². The van der Waals surface area contributed by atoms with Crippen molar-refractivity contribution in [2.24, 2.45) is 0 Å². The highest BCUT2D eigenvalue weighted by Crippen LogP contribution is 2.23. The van der Waals surface area contributed by atoms with Crippen molar-refractivity contribution >= 4 is 11.8 Å². The zero-order chi connectivity index (χ0) is 11.3. The van der Waals surface area contributed by atoms with Gasteiger partial charge in [-0.05, 0) is 20.0 Å². The lowest BCUT2D eigenvalue weighted by molar-refractivity contribution is -0.385. The Bertz CT molecular complexity index is 386. The summed E-state index contributed by atoms with van der Waals surface area (Å²) in [4.78, 5) is 10.5. The first-order chi connectivity index (χ1) is 7.16. The SMILES string of the molecule is CNCC=Cc1cccc(C)c1[N+](=O)[O-]. The lowest BCUT2D eigenvalue weighted by Crippen LogP contribution is -2.03. The van der Waals surface area contributed by atoms with Crippen LogP contribution in [-0.2, 0) is 0 Å². The largest absolute Gasteiger partial charge is 0.316 e. The Morgan fingerprint density at radius 2 is 2.27 bits per heavy atom. The van der Waals surface area contributed by atoms with Crippen molar-refractivity contribution in [2.75, 3.05) is 13.6 Å². The summed E-state index contributed by atoms with van der Waals surface area (Å²) < 4.78 is 0. The summed E-state index contributed by atoms with van der Waals surface area (Å²) in [6.45, 7) is 2.44. The maximum absolute atomic E-state index is 10.8. The smallest absolute Gasteiger partial charge is 0.279 e. The van der Waals surface area contributed by atoms with E-state index >= 15 is 0 Å². The van der Waals surface area contributed by atoms with Gasteiger partial charge in [0.1, 0.15) is 0 Å². The van der Waals surface area contributed by atoms with Gasteiger partial charge in [0.2, 0.25) is 0 Å². The first kappa shape index (κ1) is 11.4. The van der Waals surface area contributed by atoms with E-state index in [1.807, 2.05) is 19.2 Å². The van der Waals surface area contributed by atoms with E-state index in [2.05, 4.69) is 5.32 Å². The van der Waals surface area contributed by atoms with E-state index in [-0.39, 0.29) is 10.6 Å². The fourth-order valence-corrected chi connectivity index (χ4v) is 1.37. The van der Waals surface area contributed by atoms with Crippen LogP contribution < -0.4 is 5.32 Å². The van der Waals surface area contributed by atoms with Gasteiger partial charge in [-0.25, -0.2) is 0 Å². The van der Waals surface area contributed by atoms with E-state index < -0.39 is 0 Å². The molecule has 1 aromatic rings. The number of aryl methyl sites for hydroxylation is 1. The zero-order valence-corrected chi connectivity index (χ0v) is 8.86. The van der Waals surface area contributed by atoms with Crippen molar-refractivity contribution in [1.29, 1.82) is 0 Å². The zero-order valence-electron chi connectivity index (χ0n) is 8.86. The molecular formula is C11H14N2O2. The second-order valence-electron chi connectivity index (χ2n) is 3.23. The van der Waals surface area contributed by atoms with Gasteiger partial charge in [0, 0.05) is 12.1 Å². The third-order valence-electron chi connectivity index (χ3n) is 2.07. The molecule has 0 saturated heterocycles. The van der Waals surface area contributed by atoms with Gasteiger partial charge < -0.3 is 5.32 Å². The molecule has 15 heavy (non-hydrogen) atoms. The van der Waals surface area contributed by atoms with Crippen LogP contribution in [0, 0.1) is 17.0 Å². The van der Waals surface area contributed by atoms with Crippen LogP contribution in [0.5, 0.6) is 0 Å². The van der Waals surface area contributed by atoms with E-state index in [0.717, 1.165) is 0 Å². The van der Waals surface area contributed by atoms with E-state index in [1.165, 1.54) is 0 Å². The predicted octanol–water partition coefficient (Wildman–Crippen LogP) is 2.14. The quantitative estimate of drug-likeness (QED) is 0.606. The standard InChI is InChI=1S/C11H14N2O2/c1-9-5-3-6-10(7-4-8-12-2)11(9)13(14)15/h3-7,12H,8H2,1-2H3. The molecule has 0 heterocycles. The number of benzene rings is 1. The number of hydrogen-bond donors (Lipinski definition) is 1. The fraction of sp³-hybridized carbons (Fsp3) is 0.273. The molecule has 4 heteroatoms. The first-order valence-electron chi connectivity index (χ1n) is 4.72. The number of nitrogens with zero attached hydrogens (tertiary/aromatic N) is 1. The Balaban J connectivity index is 3.06. The summed E-state index contributed by atoms with van der Waals surface area (Å²) in [7, 11) is 1.83. The molecule has 0 fully saturated rings. The van der Waals surface area contributed by atoms with Gasteiger partial charge in [-0.1, -0.05) is 24.3 Å². The number of para-hydroxylation sites is 1. The minimum Gasteiger partial charge on any atom is -0.316 e. The van der Waals surface area contributed by atoms with Gasteiger partial charge in [0.05, 0.1) is 10.5 Å². The summed E-state index contributed by atoms with van der Waals surface area (Å²) in [5, 5.41) is 13.8. The fourth-order valence-electron chi connectivity index (χ4n) is 1.37. The molecule has 0 bridgehead atoms. The molecule has 1 rings (SSSR count). The highest BCUT2D eigenvalue weighted by Gasteiger charge is 2.13. The minimum atomic E-state index is -0.339. The summed E-state index contributed by atoms with van der Waals surface area (Å²) in [5.41, 5.74) is 1.52. The third-order valence-corrected chi connectivity index (χ3v) is 2.07. The second kappa shape index (κ2) is 5.26. The molecule has 0 atom stereocenters. The molecule has 0 aliphatic carbocycles. The molecule has 0 radical (unpaired) electrons. The van der Waals surface area contributed by atoms with Crippen LogP contribution in [0.4, 0.5) is 5.69 Å². The van der Waals surface area contributed by atoms with Crippen LogP contribution >= 0.6 is 0 Å². The number of likely N-dealkylation sites (N-methyl/N-ethyl adjacent to an activating group) is 1. The maximum atomic E-state index is 10.8. The van der Waals surface area contributed by atoms with Gasteiger partial charge >= 0.3 is 0 Å². The molecule has 1 N–H and O–H groups in total. The maximum Gasteiger partial charge on any atom is 0.279 e. The Morgan fingerprint density at radius 3 is 2.87 bits per heavy atom.